The maximum absolute atomic E-state index is 14.3. The highest BCUT2D eigenvalue weighted by atomic mass is 19.1. The van der Waals surface area contributed by atoms with Crippen LogP contribution in [0.5, 0.6) is 0 Å². The van der Waals surface area contributed by atoms with Crippen molar-refractivity contribution in [3.63, 3.8) is 0 Å². The van der Waals surface area contributed by atoms with Gasteiger partial charge in [-0.25, -0.2) is 9.07 Å². The number of aryl methyl sites for hydroxylation is 1. The van der Waals surface area contributed by atoms with Gasteiger partial charge in [0, 0.05) is 23.2 Å². The van der Waals surface area contributed by atoms with Crippen LogP contribution in [0.15, 0.2) is 41.0 Å². The fraction of sp³-hybridized carbons (Fsp3) is 0.333. The van der Waals surface area contributed by atoms with E-state index in [1.807, 2.05) is 6.07 Å². The normalized spacial score (nSPS) is 18.2. The average Bonchev–Trinajstić information content (AvgIpc) is 3.39. The molecule has 6 heteroatoms. The third kappa shape index (κ3) is 2.67. The molecule has 2 heterocycles. The van der Waals surface area contributed by atoms with Crippen LogP contribution in [-0.2, 0) is 19.3 Å². The summed E-state index contributed by atoms with van der Waals surface area (Å²) in [6.07, 6.45) is 7.01. The summed E-state index contributed by atoms with van der Waals surface area (Å²) in [4.78, 5) is 13.0. The molecular formula is C21H20FN3O2. The van der Waals surface area contributed by atoms with E-state index in [0.29, 0.717) is 11.4 Å². The fourth-order valence-electron chi connectivity index (χ4n) is 4.31. The van der Waals surface area contributed by atoms with Crippen molar-refractivity contribution >= 4 is 5.91 Å². The van der Waals surface area contributed by atoms with Gasteiger partial charge in [0.25, 0.3) is 5.91 Å². The number of carbonyl (C=O) groups is 1. The number of furan rings is 1. The summed E-state index contributed by atoms with van der Waals surface area (Å²) >= 11 is 0. The van der Waals surface area contributed by atoms with Gasteiger partial charge in [0.2, 0.25) is 0 Å². The lowest BCUT2D eigenvalue weighted by Crippen LogP contribution is -2.31. The summed E-state index contributed by atoms with van der Waals surface area (Å²) in [6, 6.07) is 8.42. The molecule has 0 saturated heterocycles. The van der Waals surface area contributed by atoms with E-state index in [4.69, 9.17) is 4.42 Å². The fourth-order valence-corrected chi connectivity index (χ4v) is 4.31. The Balaban J connectivity index is 1.49. The Hall–Kier alpha value is -2.89. The van der Waals surface area contributed by atoms with Gasteiger partial charge in [0.05, 0.1) is 12.3 Å². The molecule has 1 N–H and O–H groups in total. The summed E-state index contributed by atoms with van der Waals surface area (Å²) in [5, 5.41) is 7.63. The molecule has 1 aromatic carbocycles. The second kappa shape index (κ2) is 6.37. The molecule has 2 aliphatic rings. The van der Waals surface area contributed by atoms with Crippen molar-refractivity contribution in [1.82, 2.24) is 15.1 Å². The first-order valence-electron chi connectivity index (χ1n) is 9.45. The molecule has 3 aromatic rings. The van der Waals surface area contributed by atoms with E-state index < -0.39 is 0 Å². The Morgan fingerprint density at radius 1 is 1.19 bits per heavy atom. The van der Waals surface area contributed by atoms with Crippen LogP contribution in [0.2, 0.25) is 0 Å². The number of rotatable bonds is 3. The van der Waals surface area contributed by atoms with Gasteiger partial charge < -0.3 is 9.73 Å². The molecule has 27 heavy (non-hydrogen) atoms. The standard InChI is InChI=1S/C21H20FN3O2/c22-15-6-1-2-8-18(15)25-17-9-3-5-14(17)20(24-25)21(26)23-16-7-4-10-19-13(16)11-12-27-19/h1-2,6,8,11-12,16H,3-5,7,9-10H2,(H,23,26). The van der Waals surface area contributed by atoms with Gasteiger partial charge in [-0.15, -0.1) is 0 Å². The lowest BCUT2D eigenvalue weighted by molar-refractivity contribution is 0.0925. The summed E-state index contributed by atoms with van der Waals surface area (Å²) in [5.74, 6) is 0.424. The zero-order valence-electron chi connectivity index (χ0n) is 14.9. The molecule has 2 aliphatic carbocycles. The number of halogens is 1. The Labute approximate surface area is 156 Å². The van der Waals surface area contributed by atoms with Gasteiger partial charge in [0.1, 0.15) is 17.3 Å². The molecule has 2 aromatic heterocycles. The number of para-hydroxylation sites is 1. The minimum absolute atomic E-state index is 0.0596. The van der Waals surface area contributed by atoms with Crippen LogP contribution in [0.3, 0.4) is 0 Å². The first-order valence-corrected chi connectivity index (χ1v) is 9.45. The smallest absolute Gasteiger partial charge is 0.272 e. The Bertz CT molecular complexity index is 1020. The Kier molecular flexibility index (Phi) is 3.85. The number of aromatic nitrogens is 2. The molecule has 1 amide bonds. The number of fused-ring (bicyclic) bond motifs is 2. The van der Waals surface area contributed by atoms with Crippen molar-refractivity contribution in [2.75, 3.05) is 0 Å². The lowest BCUT2D eigenvalue weighted by Gasteiger charge is -2.22. The maximum atomic E-state index is 14.3. The van der Waals surface area contributed by atoms with Crippen LogP contribution in [0.4, 0.5) is 4.39 Å². The number of hydrogen-bond acceptors (Lipinski definition) is 3. The second-order valence-corrected chi connectivity index (χ2v) is 7.21. The third-order valence-electron chi connectivity index (χ3n) is 5.58. The predicted molar refractivity (Wildman–Crippen MR) is 97.4 cm³/mol. The SMILES string of the molecule is O=C(NC1CCCc2occc21)c1nn(-c2ccccc2F)c2c1CCC2. The number of hydrogen-bond donors (Lipinski definition) is 1. The highest BCUT2D eigenvalue weighted by molar-refractivity contribution is 5.94. The molecule has 1 atom stereocenters. The molecule has 0 bridgehead atoms. The molecular weight excluding hydrogens is 345 g/mol. The molecule has 5 nitrogen and oxygen atoms in total. The summed E-state index contributed by atoms with van der Waals surface area (Å²) in [5.41, 5.74) is 3.75. The van der Waals surface area contributed by atoms with Gasteiger partial charge in [-0.05, 0) is 50.3 Å². The van der Waals surface area contributed by atoms with E-state index in [9.17, 15) is 9.18 Å². The zero-order valence-corrected chi connectivity index (χ0v) is 14.9. The first-order chi connectivity index (χ1) is 13.2. The van der Waals surface area contributed by atoms with E-state index in [0.717, 1.165) is 61.1 Å². The molecule has 0 fully saturated rings. The molecule has 0 aliphatic heterocycles. The van der Waals surface area contributed by atoms with Gasteiger partial charge in [-0.2, -0.15) is 5.10 Å². The number of carbonyl (C=O) groups excluding carboxylic acids is 1. The van der Waals surface area contributed by atoms with E-state index in [-0.39, 0.29) is 17.8 Å². The van der Waals surface area contributed by atoms with Crippen LogP contribution in [-0.4, -0.2) is 15.7 Å². The van der Waals surface area contributed by atoms with Gasteiger partial charge in [0.15, 0.2) is 5.69 Å². The minimum Gasteiger partial charge on any atom is -0.469 e. The topological polar surface area (TPSA) is 60.1 Å². The predicted octanol–water partition coefficient (Wildman–Crippen LogP) is 3.90. The maximum Gasteiger partial charge on any atom is 0.272 e. The van der Waals surface area contributed by atoms with Gasteiger partial charge in [-0.3, -0.25) is 4.79 Å². The van der Waals surface area contributed by atoms with Gasteiger partial charge >= 0.3 is 0 Å². The summed E-state index contributed by atoms with van der Waals surface area (Å²) in [6.45, 7) is 0. The molecule has 0 spiro atoms. The van der Waals surface area contributed by atoms with Crippen LogP contribution >= 0.6 is 0 Å². The Morgan fingerprint density at radius 2 is 2.07 bits per heavy atom. The van der Waals surface area contributed by atoms with Gasteiger partial charge in [-0.1, -0.05) is 12.1 Å². The minimum atomic E-state index is -0.336. The highest BCUT2D eigenvalue weighted by Crippen LogP contribution is 2.32. The highest BCUT2D eigenvalue weighted by Gasteiger charge is 2.30. The largest absolute Gasteiger partial charge is 0.469 e. The molecule has 0 saturated carbocycles. The molecule has 1 unspecified atom stereocenters. The average molecular weight is 365 g/mol. The molecule has 138 valence electrons. The molecule has 5 rings (SSSR count). The third-order valence-corrected chi connectivity index (χ3v) is 5.58. The van der Waals surface area contributed by atoms with E-state index >= 15 is 0 Å². The van der Waals surface area contributed by atoms with Crippen molar-refractivity contribution < 1.29 is 13.6 Å². The quantitative estimate of drug-likeness (QED) is 0.766. The summed E-state index contributed by atoms with van der Waals surface area (Å²) in [7, 11) is 0. The second-order valence-electron chi connectivity index (χ2n) is 7.21. The van der Waals surface area contributed by atoms with Crippen LogP contribution in [0.25, 0.3) is 5.69 Å². The van der Waals surface area contributed by atoms with Crippen molar-refractivity contribution in [2.45, 2.75) is 44.6 Å². The number of nitrogens with one attached hydrogen (secondary N) is 1. The monoisotopic (exact) mass is 365 g/mol. The van der Waals surface area contributed by atoms with Crippen molar-refractivity contribution in [1.29, 1.82) is 0 Å². The van der Waals surface area contributed by atoms with E-state index in [2.05, 4.69) is 10.4 Å². The number of amides is 1. The summed E-state index contributed by atoms with van der Waals surface area (Å²) < 4.78 is 21.4. The van der Waals surface area contributed by atoms with Crippen molar-refractivity contribution in [3.05, 3.63) is 70.7 Å². The zero-order chi connectivity index (χ0) is 18.4. The first kappa shape index (κ1) is 16.3. The van der Waals surface area contributed by atoms with Crippen molar-refractivity contribution in [3.8, 4) is 5.69 Å². The van der Waals surface area contributed by atoms with Crippen LogP contribution in [0, 0.1) is 5.82 Å². The van der Waals surface area contributed by atoms with E-state index in [1.54, 1.807) is 29.1 Å². The van der Waals surface area contributed by atoms with Crippen LogP contribution in [0.1, 0.15) is 58.4 Å². The van der Waals surface area contributed by atoms with Crippen LogP contribution < -0.4 is 5.32 Å². The van der Waals surface area contributed by atoms with Crippen molar-refractivity contribution in [2.24, 2.45) is 0 Å². The number of nitrogens with zero attached hydrogens (tertiary/aromatic N) is 2. The Morgan fingerprint density at radius 3 is 2.96 bits per heavy atom. The lowest BCUT2D eigenvalue weighted by atomic mass is 9.93. The molecule has 0 radical (unpaired) electrons. The van der Waals surface area contributed by atoms with E-state index in [1.165, 1.54) is 6.07 Å². The number of benzene rings is 1.